The van der Waals surface area contributed by atoms with Gasteiger partial charge in [0.15, 0.2) is 0 Å². The number of anilines is 1. The fraction of sp³-hybridized carbons (Fsp3) is 0.308. The first kappa shape index (κ1) is 11.2. The molecule has 2 aromatic rings. The zero-order valence-corrected chi connectivity index (χ0v) is 11.7. The maximum absolute atomic E-state index is 12.4. The highest BCUT2D eigenvalue weighted by molar-refractivity contribution is 9.10. The van der Waals surface area contributed by atoms with Gasteiger partial charge in [0.1, 0.15) is 0 Å². The average Bonchev–Trinajstić information content (AvgIpc) is 2.84. The molecule has 0 radical (unpaired) electrons. The Hall–Kier alpha value is -0.870. The second-order valence-corrected chi connectivity index (χ2v) is 6.11. The average molecular weight is 310 g/mol. The van der Waals surface area contributed by atoms with E-state index in [0.717, 1.165) is 33.3 Å². The Balaban J connectivity index is 2.21. The Morgan fingerprint density at radius 3 is 2.76 bits per heavy atom. The first-order valence-electron chi connectivity index (χ1n) is 5.72. The van der Waals surface area contributed by atoms with Crippen LogP contribution in [0.4, 0.5) is 5.69 Å². The van der Waals surface area contributed by atoms with E-state index in [-0.39, 0.29) is 5.43 Å². The van der Waals surface area contributed by atoms with Crippen molar-refractivity contribution in [3.63, 3.8) is 0 Å². The number of hydrogen-bond donors (Lipinski definition) is 0. The summed E-state index contributed by atoms with van der Waals surface area (Å²) in [6.45, 7) is 2.03. The molecule has 0 bridgehead atoms. The van der Waals surface area contributed by atoms with Crippen LogP contribution in [0.1, 0.15) is 12.8 Å². The van der Waals surface area contributed by atoms with E-state index in [9.17, 15) is 4.79 Å². The highest BCUT2D eigenvalue weighted by Gasteiger charge is 2.16. The van der Waals surface area contributed by atoms with Crippen LogP contribution in [0.3, 0.4) is 0 Å². The van der Waals surface area contributed by atoms with Crippen LogP contribution in [0, 0.1) is 0 Å². The van der Waals surface area contributed by atoms with Gasteiger partial charge in [0.2, 0.25) is 5.43 Å². The maximum Gasteiger partial charge on any atom is 0.211 e. The van der Waals surface area contributed by atoms with Crippen LogP contribution in [-0.4, -0.2) is 13.1 Å². The molecule has 0 N–H and O–H groups in total. The van der Waals surface area contributed by atoms with Gasteiger partial charge in [0.25, 0.3) is 0 Å². The van der Waals surface area contributed by atoms with Crippen LogP contribution >= 0.6 is 27.3 Å². The predicted molar refractivity (Wildman–Crippen MR) is 77.2 cm³/mol. The molecule has 0 atom stereocenters. The van der Waals surface area contributed by atoms with Crippen LogP contribution in [0.15, 0.2) is 32.8 Å². The van der Waals surface area contributed by atoms with Gasteiger partial charge >= 0.3 is 0 Å². The molecule has 1 aliphatic heterocycles. The van der Waals surface area contributed by atoms with Gasteiger partial charge in [-0.05, 0) is 31.0 Å². The molecule has 1 saturated heterocycles. The second-order valence-electron chi connectivity index (χ2n) is 4.28. The Labute approximate surface area is 112 Å². The lowest BCUT2D eigenvalue weighted by Gasteiger charge is -2.16. The summed E-state index contributed by atoms with van der Waals surface area (Å²) in [4.78, 5) is 14.6. The molecule has 2 nitrogen and oxygen atoms in total. The Kier molecular flexibility index (Phi) is 2.92. The molecular formula is C13H12BrNOS. The lowest BCUT2D eigenvalue weighted by molar-refractivity contribution is 0.949. The van der Waals surface area contributed by atoms with E-state index in [4.69, 9.17) is 0 Å². The zero-order chi connectivity index (χ0) is 11.8. The van der Waals surface area contributed by atoms with Crippen LogP contribution in [0.5, 0.6) is 0 Å². The summed E-state index contributed by atoms with van der Waals surface area (Å²) in [6, 6.07) is 5.90. The van der Waals surface area contributed by atoms with Crippen LogP contribution in [-0.2, 0) is 0 Å². The zero-order valence-electron chi connectivity index (χ0n) is 9.28. The molecule has 88 valence electrons. The largest absolute Gasteiger partial charge is 0.368 e. The molecule has 1 fully saturated rings. The third-order valence-electron chi connectivity index (χ3n) is 3.16. The summed E-state index contributed by atoms with van der Waals surface area (Å²) in [7, 11) is 0. The summed E-state index contributed by atoms with van der Waals surface area (Å²) in [6.07, 6.45) is 2.39. The van der Waals surface area contributed by atoms with Crippen molar-refractivity contribution < 1.29 is 0 Å². The van der Waals surface area contributed by atoms with E-state index < -0.39 is 0 Å². The van der Waals surface area contributed by atoms with Crippen molar-refractivity contribution in [1.82, 2.24) is 0 Å². The minimum absolute atomic E-state index is 0.168. The number of nitrogens with zero attached hydrogens (tertiary/aromatic N) is 1. The summed E-state index contributed by atoms with van der Waals surface area (Å²) in [5, 5.41) is 2.83. The lowest BCUT2D eigenvalue weighted by Crippen LogP contribution is -2.23. The lowest BCUT2D eigenvalue weighted by atomic mass is 10.2. The Bertz CT molecular complexity index is 616. The van der Waals surface area contributed by atoms with Gasteiger partial charge in [0.05, 0.1) is 5.69 Å². The van der Waals surface area contributed by atoms with E-state index in [0.29, 0.717) is 0 Å². The van der Waals surface area contributed by atoms with Crippen molar-refractivity contribution in [3.05, 3.63) is 38.3 Å². The van der Waals surface area contributed by atoms with Crippen molar-refractivity contribution in [2.75, 3.05) is 18.0 Å². The van der Waals surface area contributed by atoms with E-state index in [1.165, 1.54) is 12.8 Å². The number of hydrogen-bond acceptors (Lipinski definition) is 3. The summed E-state index contributed by atoms with van der Waals surface area (Å²) < 4.78 is 2.02. The fourth-order valence-electron chi connectivity index (χ4n) is 2.27. The van der Waals surface area contributed by atoms with Crippen molar-refractivity contribution in [3.8, 4) is 0 Å². The minimum atomic E-state index is 0.168. The van der Waals surface area contributed by atoms with Crippen molar-refractivity contribution in [1.29, 1.82) is 0 Å². The quantitative estimate of drug-likeness (QED) is 0.802. The third kappa shape index (κ3) is 2.00. The highest BCUT2D eigenvalue weighted by Crippen LogP contribution is 2.25. The molecule has 0 spiro atoms. The standard InChI is InChI=1S/C13H12BrNOS/c14-9-3-4-12-10(7-9)13(16)11(8-17-12)15-5-1-2-6-15/h3-4,7-8H,1-2,5-6H2. The molecule has 1 aromatic carbocycles. The van der Waals surface area contributed by atoms with Crippen LogP contribution in [0.2, 0.25) is 0 Å². The maximum atomic E-state index is 12.4. The smallest absolute Gasteiger partial charge is 0.211 e. The van der Waals surface area contributed by atoms with Gasteiger partial charge in [-0.2, -0.15) is 0 Å². The highest BCUT2D eigenvalue weighted by atomic mass is 79.9. The monoisotopic (exact) mass is 309 g/mol. The van der Waals surface area contributed by atoms with Crippen LogP contribution < -0.4 is 10.3 Å². The van der Waals surface area contributed by atoms with Crippen molar-refractivity contribution >= 4 is 43.0 Å². The summed E-state index contributed by atoms with van der Waals surface area (Å²) in [5.74, 6) is 0. The minimum Gasteiger partial charge on any atom is -0.368 e. The van der Waals surface area contributed by atoms with Crippen molar-refractivity contribution in [2.45, 2.75) is 12.8 Å². The topological polar surface area (TPSA) is 20.3 Å². The number of fused-ring (bicyclic) bond motifs is 1. The molecule has 1 aromatic heterocycles. The number of benzene rings is 1. The fourth-order valence-corrected chi connectivity index (χ4v) is 3.55. The van der Waals surface area contributed by atoms with E-state index in [2.05, 4.69) is 20.8 Å². The molecule has 0 aliphatic carbocycles. The Morgan fingerprint density at radius 1 is 1.24 bits per heavy atom. The Morgan fingerprint density at radius 2 is 2.00 bits per heavy atom. The van der Waals surface area contributed by atoms with E-state index >= 15 is 0 Å². The molecule has 17 heavy (non-hydrogen) atoms. The molecule has 0 saturated carbocycles. The van der Waals surface area contributed by atoms with Gasteiger partial charge in [0, 0.05) is 33.0 Å². The van der Waals surface area contributed by atoms with Gasteiger partial charge in [-0.3, -0.25) is 4.79 Å². The van der Waals surface area contributed by atoms with Gasteiger partial charge < -0.3 is 4.90 Å². The van der Waals surface area contributed by atoms with Gasteiger partial charge in [-0.1, -0.05) is 15.9 Å². The molecule has 0 unspecified atom stereocenters. The predicted octanol–water partition coefficient (Wildman–Crippen LogP) is 3.62. The van der Waals surface area contributed by atoms with Gasteiger partial charge in [-0.25, -0.2) is 0 Å². The van der Waals surface area contributed by atoms with Crippen molar-refractivity contribution in [2.24, 2.45) is 0 Å². The SMILES string of the molecule is O=c1c(N2CCCC2)csc2ccc(Br)cc12. The molecule has 2 heterocycles. The molecule has 3 rings (SSSR count). The van der Waals surface area contributed by atoms with E-state index in [1.807, 2.05) is 23.6 Å². The number of halogens is 1. The summed E-state index contributed by atoms with van der Waals surface area (Å²) >= 11 is 5.08. The number of rotatable bonds is 1. The first-order chi connectivity index (χ1) is 8.25. The molecule has 0 amide bonds. The third-order valence-corrected chi connectivity index (χ3v) is 4.61. The van der Waals surface area contributed by atoms with Gasteiger partial charge in [-0.15, -0.1) is 11.3 Å². The van der Waals surface area contributed by atoms with Crippen LogP contribution in [0.25, 0.3) is 10.1 Å². The second kappa shape index (κ2) is 4.42. The molecular weight excluding hydrogens is 298 g/mol. The normalized spacial score (nSPS) is 15.7. The van der Waals surface area contributed by atoms with E-state index in [1.54, 1.807) is 11.3 Å². The summed E-state index contributed by atoms with van der Waals surface area (Å²) in [5.41, 5.74) is 1.04. The molecule has 4 heteroatoms. The first-order valence-corrected chi connectivity index (χ1v) is 7.39. The molecule has 1 aliphatic rings.